The molecule has 0 saturated carbocycles. The van der Waals surface area contributed by atoms with Gasteiger partial charge in [-0.05, 0) is 17.7 Å². The van der Waals surface area contributed by atoms with Gasteiger partial charge in [-0.2, -0.15) is 0 Å². The number of aliphatic hydroxyl groups excluding tert-OH is 4. The van der Waals surface area contributed by atoms with E-state index in [0.29, 0.717) is 5.56 Å². The lowest BCUT2D eigenvalue weighted by molar-refractivity contribution is -0.277. The zero-order valence-electron chi connectivity index (χ0n) is 16.2. The summed E-state index contributed by atoms with van der Waals surface area (Å²) in [5.74, 6) is -1.19. The van der Waals surface area contributed by atoms with Gasteiger partial charge in [0.2, 0.25) is 17.5 Å². The Morgan fingerprint density at radius 2 is 1.69 bits per heavy atom. The number of aromatic hydroxyl groups is 2. The minimum absolute atomic E-state index is 0.00360. The Kier molecular flexibility index (Phi) is 4.73. The Balaban J connectivity index is 1.54. The molecule has 1 fully saturated rings. The number of hydrogen-bond donors (Lipinski definition) is 6. The number of aliphatic hydroxyl groups is 4. The molecule has 4 bridgehead atoms. The first-order valence-corrected chi connectivity index (χ1v) is 9.61. The van der Waals surface area contributed by atoms with Crippen molar-refractivity contribution in [1.29, 1.82) is 0 Å². The second kappa shape index (κ2) is 7.36. The van der Waals surface area contributed by atoms with E-state index in [1.165, 1.54) is 30.3 Å². The first kappa shape index (κ1) is 20.5. The fraction of sp³-hybridized carbons (Fsp3) is 0.286. The van der Waals surface area contributed by atoms with Gasteiger partial charge in [0.25, 0.3) is 0 Å². The highest BCUT2D eigenvalue weighted by Gasteiger charge is 2.45. The van der Waals surface area contributed by atoms with Crippen LogP contribution in [0.1, 0.15) is 0 Å². The Labute approximate surface area is 179 Å². The molecule has 0 spiro atoms. The summed E-state index contributed by atoms with van der Waals surface area (Å²) in [5, 5.41) is 59.7. The number of ether oxygens (including phenoxy) is 3. The lowest BCUT2D eigenvalue weighted by Crippen LogP contribution is -2.60. The van der Waals surface area contributed by atoms with Crippen LogP contribution >= 0.6 is 0 Å². The van der Waals surface area contributed by atoms with E-state index in [1.807, 2.05) is 0 Å². The number of hydrogen-bond acceptors (Lipinski definition) is 11. The Hall–Kier alpha value is -3.35. The second-order valence-electron chi connectivity index (χ2n) is 7.48. The molecule has 6 N–H and O–H groups in total. The van der Waals surface area contributed by atoms with E-state index < -0.39 is 42.7 Å². The molecule has 11 heteroatoms. The highest BCUT2D eigenvalue weighted by Crippen LogP contribution is 2.52. The predicted octanol–water partition coefficient (Wildman–Crippen LogP) is 0.107. The number of phenolic OH excluding ortho intramolecular Hbond substituents is 1. The topological polar surface area (TPSA) is 179 Å². The molecule has 5 aliphatic heterocycles. The summed E-state index contributed by atoms with van der Waals surface area (Å²) in [5.41, 5.74) is -0.400. The van der Waals surface area contributed by atoms with Crippen molar-refractivity contribution in [2.75, 3.05) is 6.61 Å². The van der Waals surface area contributed by atoms with E-state index in [2.05, 4.69) is 0 Å². The van der Waals surface area contributed by atoms with E-state index in [0.717, 1.165) is 0 Å². The van der Waals surface area contributed by atoms with Crippen LogP contribution in [0.3, 0.4) is 0 Å². The summed E-state index contributed by atoms with van der Waals surface area (Å²) in [6, 6.07) is 7.04. The fourth-order valence-electron chi connectivity index (χ4n) is 3.79. The van der Waals surface area contributed by atoms with Gasteiger partial charge in [-0.25, -0.2) is 0 Å². The van der Waals surface area contributed by atoms with Crippen LogP contribution < -0.4 is 14.9 Å². The van der Waals surface area contributed by atoms with Crippen molar-refractivity contribution in [3.05, 3.63) is 40.6 Å². The molecule has 5 atom stereocenters. The van der Waals surface area contributed by atoms with Gasteiger partial charge in [0.15, 0.2) is 5.75 Å². The Morgan fingerprint density at radius 1 is 0.969 bits per heavy atom. The van der Waals surface area contributed by atoms with Crippen LogP contribution in [0.2, 0.25) is 0 Å². The molecule has 1 aromatic carbocycles. The number of benzene rings is 2. The smallest absolute Gasteiger partial charge is 0.302 e. The summed E-state index contributed by atoms with van der Waals surface area (Å²) < 4.78 is 22.1. The molecule has 168 valence electrons. The maximum Gasteiger partial charge on any atom is 0.302 e. The monoisotopic (exact) mass is 446 g/mol. The molecule has 5 heterocycles. The second-order valence-corrected chi connectivity index (χ2v) is 7.48. The van der Waals surface area contributed by atoms with Crippen LogP contribution in [0.4, 0.5) is 0 Å². The van der Waals surface area contributed by atoms with Crippen LogP contribution in [0.15, 0.2) is 39.5 Å². The fourth-order valence-corrected chi connectivity index (χ4v) is 3.79. The molecule has 7 rings (SSSR count). The van der Waals surface area contributed by atoms with Crippen LogP contribution in [0, 0.1) is 0 Å². The van der Waals surface area contributed by atoms with Crippen LogP contribution in [-0.2, 0) is 4.74 Å². The van der Waals surface area contributed by atoms with Gasteiger partial charge in [0.1, 0.15) is 52.8 Å². The molecule has 11 nitrogen and oxygen atoms in total. The molecule has 0 radical (unpaired) electrons. The highest BCUT2D eigenvalue weighted by molar-refractivity contribution is 5.87. The molecular formula is C21H18O11. The molecule has 0 aromatic heterocycles. The first-order chi connectivity index (χ1) is 15.3. The average molecular weight is 446 g/mol. The van der Waals surface area contributed by atoms with E-state index in [4.69, 9.17) is 18.6 Å². The maximum atomic E-state index is 13.0. The van der Waals surface area contributed by atoms with Crippen molar-refractivity contribution >= 4 is 0 Å². The van der Waals surface area contributed by atoms with Crippen molar-refractivity contribution in [2.24, 2.45) is 0 Å². The highest BCUT2D eigenvalue weighted by atomic mass is 16.7. The van der Waals surface area contributed by atoms with Crippen molar-refractivity contribution in [1.82, 2.24) is 0 Å². The van der Waals surface area contributed by atoms with Gasteiger partial charge in [-0.15, -0.1) is 0 Å². The molecule has 1 aliphatic carbocycles. The van der Waals surface area contributed by atoms with Crippen molar-refractivity contribution < 1.29 is 49.3 Å². The molecular weight excluding hydrogens is 428 g/mol. The van der Waals surface area contributed by atoms with E-state index in [-0.39, 0.29) is 45.8 Å². The lowest BCUT2D eigenvalue weighted by atomic mass is 9.99. The maximum absolute atomic E-state index is 13.0. The summed E-state index contributed by atoms with van der Waals surface area (Å²) in [4.78, 5) is 13.0. The van der Waals surface area contributed by atoms with Crippen LogP contribution in [0.5, 0.6) is 28.9 Å². The summed E-state index contributed by atoms with van der Waals surface area (Å²) in [7, 11) is 0. The third-order valence-electron chi connectivity index (χ3n) is 5.49. The standard InChI is InChI=1S/C21H18O11/c22-6-11-14(24)17(27)18(28)21(31-11)30-10-5-9-13-15(25)12(7-1-3-8(23)4-2-7)20(29-9)32-19(10)16(13)26/h1-5,11,14,17-18,21-25,27-28H,6H2/t11?,14-,17?,18?,21-/m1/s1. The SMILES string of the molecule is O=c1c2c(O[C@@H]3OC(CO)[C@@H](O)C(O)C3O)cc3oc(c(-c4ccc(O)cc4)c(O)c1-3)O2. The number of phenols is 1. The van der Waals surface area contributed by atoms with Gasteiger partial charge < -0.3 is 49.3 Å². The first-order valence-electron chi connectivity index (χ1n) is 9.61. The molecule has 1 saturated heterocycles. The van der Waals surface area contributed by atoms with E-state index in [9.17, 15) is 35.4 Å². The van der Waals surface area contributed by atoms with Crippen molar-refractivity contribution in [3.8, 4) is 51.4 Å². The normalized spacial score (nSPS) is 26.4. The number of rotatable bonds is 4. The van der Waals surface area contributed by atoms with Gasteiger partial charge in [-0.1, -0.05) is 12.1 Å². The third kappa shape index (κ3) is 2.98. The number of fused-ring (bicyclic) bond motifs is 2. The largest absolute Gasteiger partial charge is 0.508 e. The predicted molar refractivity (Wildman–Crippen MR) is 105 cm³/mol. The Bertz CT molecular complexity index is 1200. The van der Waals surface area contributed by atoms with Crippen LogP contribution in [-0.4, -0.2) is 68.0 Å². The van der Waals surface area contributed by atoms with E-state index in [1.54, 1.807) is 0 Å². The molecule has 3 unspecified atom stereocenters. The molecule has 1 aromatic rings. The minimum atomic E-state index is -1.70. The average Bonchev–Trinajstić information content (AvgIpc) is 3.06. The van der Waals surface area contributed by atoms with Gasteiger partial charge >= 0.3 is 5.95 Å². The lowest BCUT2D eigenvalue weighted by Gasteiger charge is -2.39. The van der Waals surface area contributed by atoms with Gasteiger partial charge in [0, 0.05) is 6.07 Å². The zero-order chi connectivity index (χ0) is 22.7. The quantitative estimate of drug-likeness (QED) is 0.250. The summed E-state index contributed by atoms with van der Waals surface area (Å²) in [6.45, 7) is -0.653. The Morgan fingerprint density at radius 3 is 2.38 bits per heavy atom. The van der Waals surface area contributed by atoms with E-state index >= 15 is 0 Å². The summed E-state index contributed by atoms with van der Waals surface area (Å²) in [6.07, 6.45) is -7.71. The van der Waals surface area contributed by atoms with Crippen LogP contribution in [0.25, 0.3) is 22.5 Å². The summed E-state index contributed by atoms with van der Waals surface area (Å²) >= 11 is 0. The molecule has 32 heavy (non-hydrogen) atoms. The minimum Gasteiger partial charge on any atom is -0.508 e. The third-order valence-corrected chi connectivity index (χ3v) is 5.49. The van der Waals surface area contributed by atoms with Crippen molar-refractivity contribution in [2.45, 2.75) is 30.7 Å². The van der Waals surface area contributed by atoms with Gasteiger partial charge in [-0.3, -0.25) is 4.79 Å². The molecule has 6 aliphatic rings. The zero-order valence-corrected chi connectivity index (χ0v) is 16.2. The van der Waals surface area contributed by atoms with Crippen molar-refractivity contribution in [3.63, 3.8) is 0 Å². The van der Waals surface area contributed by atoms with Gasteiger partial charge in [0.05, 0.1) is 6.61 Å². The molecule has 0 amide bonds.